The number of thiazole rings is 1. The summed E-state index contributed by atoms with van der Waals surface area (Å²) in [5, 5.41) is 3.77. The van der Waals surface area contributed by atoms with Crippen molar-refractivity contribution in [3.8, 4) is 10.6 Å². The average molecular weight is 209 g/mol. The first-order valence-corrected chi connectivity index (χ1v) is 5.33. The Kier molecular flexibility index (Phi) is 2.49. The highest BCUT2D eigenvalue weighted by Gasteiger charge is 2.15. The van der Waals surface area contributed by atoms with Crippen LogP contribution in [-0.2, 0) is 6.42 Å². The van der Waals surface area contributed by atoms with Crippen molar-refractivity contribution in [3.05, 3.63) is 17.3 Å². The van der Waals surface area contributed by atoms with Crippen LogP contribution in [0, 0.1) is 0 Å². The van der Waals surface area contributed by atoms with Crippen LogP contribution >= 0.6 is 11.3 Å². The predicted octanol–water partition coefficient (Wildman–Crippen LogP) is 2.33. The molecule has 0 spiro atoms. The zero-order chi connectivity index (χ0) is 9.97. The van der Waals surface area contributed by atoms with Gasteiger partial charge >= 0.3 is 0 Å². The van der Waals surface area contributed by atoms with Gasteiger partial charge in [0, 0.05) is 11.8 Å². The molecule has 0 bridgehead atoms. The number of hydrogen-bond donors (Lipinski definition) is 1. The summed E-state index contributed by atoms with van der Waals surface area (Å²) < 4.78 is 5.19. The number of rotatable bonds is 3. The molecule has 0 aliphatic heterocycles. The number of nitrogens with zero attached hydrogens (tertiary/aromatic N) is 2. The van der Waals surface area contributed by atoms with E-state index in [1.807, 2.05) is 0 Å². The van der Waals surface area contributed by atoms with Crippen molar-refractivity contribution in [2.24, 2.45) is 0 Å². The lowest BCUT2D eigenvalue weighted by Gasteiger charge is -1.96. The van der Waals surface area contributed by atoms with E-state index in [0.717, 1.165) is 29.0 Å². The van der Waals surface area contributed by atoms with Crippen molar-refractivity contribution < 1.29 is 4.52 Å². The van der Waals surface area contributed by atoms with Crippen LogP contribution in [0.15, 0.2) is 16.2 Å². The Morgan fingerprint density at radius 2 is 2.43 bits per heavy atom. The van der Waals surface area contributed by atoms with Crippen LogP contribution in [0.1, 0.15) is 18.9 Å². The van der Waals surface area contributed by atoms with Crippen LogP contribution in [0.3, 0.4) is 0 Å². The molecule has 2 aromatic rings. The SMILES string of the molecule is CCCc1c(N)noc1-c1cncs1. The highest BCUT2D eigenvalue weighted by molar-refractivity contribution is 7.13. The maximum absolute atomic E-state index is 5.71. The molecule has 4 nitrogen and oxygen atoms in total. The van der Waals surface area contributed by atoms with Crippen LogP contribution in [0.4, 0.5) is 5.82 Å². The Balaban J connectivity index is 2.43. The van der Waals surface area contributed by atoms with Crippen molar-refractivity contribution in [2.45, 2.75) is 19.8 Å². The van der Waals surface area contributed by atoms with E-state index in [1.54, 1.807) is 11.7 Å². The molecule has 0 saturated heterocycles. The Bertz CT molecular complexity index is 408. The summed E-state index contributed by atoms with van der Waals surface area (Å²) in [5.41, 5.74) is 8.48. The monoisotopic (exact) mass is 209 g/mol. The minimum atomic E-state index is 0.496. The molecule has 0 aliphatic carbocycles. The summed E-state index contributed by atoms with van der Waals surface area (Å²) in [5.74, 6) is 1.27. The standard InChI is InChI=1S/C9H11N3OS/c1-2-3-6-8(13-12-9(6)10)7-4-11-5-14-7/h4-5H,2-3H2,1H3,(H2,10,12). The number of nitrogens with two attached hydrogens (primary N) is 1. The lowest BCUT2D eigenvalue weighted by Crippen LogP contribution is -1.91. The van der Waals surface area contributed by atoms with Gasteiger partial charge in [0.2, 0.25) is 0 Å². The first-order chi connectivity index (χ1) is 6.83. The molecule has 0 aliphatic rings. The van der Waals surface area contributed by atoms with Gasteiger partial charge in [-0.05, 0) is 6.42 Å². The molecule has 0 saturated carbocycles. The second-order valence-corrected chi connectivity index (χ2v) is 3.88. The summed E-state index contributed by atoms with van der Waals surface area (Å²) in [6.45, 7) is 2.10. The van der Waals surface area contributed by atoms with Crippen LogP contribution in [0.25, 0.3) is 10.6 Å². The Morgan fingerprint density at radius 1 is 1.57 bits per heavy atom. The van der Waals surface area contributed by atoms with Gasteiger partial charge in [-0.25, -0.2) is 0 Å². The van der Waals surface area contributed by atoms with Crippen LogP contribution in [-0.4, -0.2) is 10.1 Å². The summed E-state index contributed by atoms with van der Waals surface area (Å²) in [4.78, 5) is 4.98. The van der Waals surface area contributed by atoms with Crippen LogP contribution in [0.2, 0.25) is 0 Å². The van der Waals surface area contributed by atoms with Crippen molar-refractivity contribution in [1.82, 2.24) is 10.1 Å². The van der Waals surface area contributed by atoms with Crippen molar-refractivity contribution in [2.75, 3.05) is 5.73 Å². The largest absolute Gasteiger partial charge is 0.381 e. The topological polar surface area (TPSA) is 64.9 Å². The zero-order valence-electron chi connectivity index (χ0n) is 7.86. The van der Waals surface area contributed by atoms with Gasteiger partial charge in [0.15, 0.2) is 11.6 Å². The van der Waals surface area contributed by atoms with Crippen LogP contribution < -0.4 is 5.73 Å². The molecule has 0 fully saturated rings. The molecular formula is C9H11N3OS. The number of nitrogen functional groups attached to an aromatic ring is 1. The zero-order valence-corrected chi connectivity index (χ0v) is 8.67. The van der Waals surface area contributed by atoms with E-state index in [9.17, 15) is 0 Å². The molecule has 5 heteroatoms. The van der Waals surface area contributed by atoms with E-state index in [4.69, 9.17) is 10.3 Å². The minimum absolute atomic E-state index is 0.496. The molecular weight excluding hydrogens is 198 g/mol. The number of hydrogen-bond acceptors (Lipinski definition) is 5. The van der Waals surface area contributed by atoms with Gasteiger partial charge in [-0.15, -0.1) is 11.3 Å². The molecule has 0 amide bonds. The lowest BCUT2D eigenvalue weighted by atomic mass is 10.1. The summed E-state index contributed by atoms with van der Waals surface area (Å²) in [7, 11) is 0. The number of aromatic nitrogens is 2. The summed E-state index contributed by atoms with van der Waals surface area (Å²) >= 11 is 1.53. The van der Waals surface area contributed by atoms with Crippen molar-refractivity contribution >= 4 is 17.2 Å². The molecule has 0 radical (unpaired) electrons. The molecule has 2 N–H and O–H groups in total. The van der Waals surface area contributed by atoms with Gasteiger partial charge < -0.3 is 10.3 Å². The van der Waals surface area contributed by atoms with Gasteiger partial charge in [-0.3, -0.25) is 4.98 Å². The van der Waals surface area contributed by atoms with Gasteiger partial charge in [0.1, 0.15) is 0 Å². The van der Waals surface area contributed by atoms with Gasteiger partial charge in [-0.1, -0.05) is 18.5 Å². The second-order valence-electron chi connectivity index (χ2n) is 2.99. The quantitative estimate of drug-likeness (QED) is 0.842. The Morgan fingerprint density at radius 3 is 3.07 bits per heavy atom. The lowest BCUT2D eigenvalue weighted by molar-refractivity contribution is 0.435. The first-order valence-electron chi connectivity index (χ1n) is 4.45. The maximum atomic E-state index is 5.71. The smallest absolute Gasteiger partial charge is 0.183 e. The summed E-state index contributed by atoms with van der Waals surface area (Å²) in [6.07, 6.45) is 3.68. The fraction of sp³-hybridized carbons (Fsp3) is 0.333. The molecule has 2 aromatic heterocycles. The summed E-state index contributed by atoms with van der Waals surface area (Å²) in [6, 6.07) is 0. The van der Waals surface area contributed by atoms with E-state index >= 15 is 0 Å². The van der Waals surface area contributed by atoms with E-state index in [-0.39, 0.29) is 0 Å². The predicted molar refractivity (Wildman–Crippen MR) is 56.0 cm³/mol. The fourth-order valence-corrected chi connectivity index (χ4v) is 1.96. The normalized spacial score (nSPS) is 10.6. The Hall–Kier alpha value is -1.36. The molecule has 0 atom stereocenters. The van der Waals surface area contributed by atoms with Gasteiger partial charge in [-0.2, -0.15) is 0 Å². The molecule has 74 valence electrons. The van der Waals surface area contributed by atoms with Crippen molar-refractivity contribution in [1.29, 1.82) is 0 Å². The van der Waals surface area contributed by atoms with E-state index in [0.29, 0.717) is 5.82 Å². The average Bonchev–Trinajstić information content (AvgIpc) is 2.77. The van der Waals surface area contributed by atoms with E-state index < -0.39 is 0 Å². The molecule has 14 heavy (non-hydrogen) atoms. The first kappa shape index (κ1) is 9.21. The molecule has 0 unspecified atom stereocenters. The van der Waals surface area contributed by atoms with E-state index in [2.05, 4.69) is 17.1 Å². The van der Waals surface area contributed by atoms with Gasteiger partial charge in [0.05, 0.1) is 10.4 Å². The molecule has 2 rings (SSSR count). The van der Waals surface area contributed by atoms with E-state index in [1.165, 1.54) is 11.3 Å². The third-order valence-electron chi connectivity index (χ3n) is 1.97. The van der Waals surface area contributed by atoms with Crippen LogP contribution in [0.5, 0.6) is 0 Å². The number of anilines is 1. The maximum Gasteiger partial charge on any atom is 0.183 e. The Labute approximate surface area is 85.7 Å². The van der Waals surface area contributed by atoms with Crippen molar-refractivity contribution in [3.63, 3.8) is 0 Å². The van der Waals surface area contributed by atoms with Gasteiger partial charge in [0.25, 0.3) is 0 Å². The highest BCUT2D eigenvalue weighted by atomic mass is 32.1. The highest BCUT2D eigenvalue weighted by Crippen LogP contribution is 2.30. The third-order valence-corrected chi connectivity index (χ3v) is 2.75. The molecule has 0 aromatic carbocycles. The second kappa shape index (κ2) is 3.79. The fourth-order valence-electron chi connectivity index (χ4n) is 1.33. The third kappa shape index (κ3) is 1.50. The molecule has 2 heterocycles. The minimum Gasteiger partial charge on any atom is -0.381 e.